The number of nitrogens with one attached hydrogen (secondary N) is 4. The van der Waals surface area contributed by atoms with Crippen molar-refractivity contribution in [2.45, 2.75) is 33.1 Å². The largest absolute Gasteiger partial charge is 0.352 e. The van der Waals surface area contributed by atoms with Gasteiger partial charge in [-0.15, -0.1) is 0 Å². The fourth-order valence-corrected chi connectivity index (χ4v) is 2.01. The maximum atomic E-state index is 12.0. The van der Waals surface area contributed by atoms with Crippen molar-refractivity contribution in [2.24, 2.45) is 5.41 Å². The number of carbonyl (C=O) groups is 1. The standard InChI is InChI=1S/C13H19ClN4O/c1-13(2,3)10-11(19)16-12(18-17-10)15-9-6-4-8(14)5-7-9/h4-7,10,12,15,17-18H,1-3H3,(H,16,19). The van der Waals surface area contributed by atoms with Crippen LogP contribution in [0.3, 0.4) is 0 Å². The number of hydrazine groups is 1. The predicted molar refractivity (Wildman–Crippen MR) is 76.5 cm³/mol. The van der Waals surface area contributed by atoms with E-state index in [-0.39, 0.29) is 23.7 Å². The maximum Gasteiger partial charge on any atom is 0.241 e. The Morgan fingerprint density at radius 1 is 1.16 bits per heavy atom. The fraction of sp³-hybridized carbons (Fsp3) is 0.462. The second kappa shape index (κ2) is 5.36. The Bertz CT molecular complexity index is 455. The number of benzene rings is 1. The quantitative estimate of drug-likeness (QED) is 0.666. The van der Waals surface area contributed by atoms with Crippen LogP contribution in [0.1, 0.15) is 20.8 Å². The first-order valence-electron chi connectivity index (χ1n) is 6.20. The summed E-state index contributed by atoms with van der Waals surface area (Å²) in [4.78, 5) is 12.0. The molecule has 1 aliphatic heterocycles. The summed E-state index contributed by atoms with van der Waals surface area (Å²) in [6.07, 6.45) is -0.354. The molecule has 5 nitrogen and oxygen atoms in total. The van der Waals surface area contributed by atoms with Gasteiger partial charge in [0, 0.05) is 10.7 Å². The molecule has 1 aromatic carbocycles. The van der Waals surface area contributed by atoms with Crippen molar-refractivity contribution in [3.63, 3.8) is 0 Å². The summed E-state index contributed by atoms with van der Waals surface area (Å²) in [5.74, 6) is -0.0299. The molecule has 1 heterocycles. The van der Waals surface area contributed by atoms with Gasteiger partial charge in [-0.2, -0.15) is 0 Å². The van der Waals surface area contributed by atoms with E-state index < -0.39 is 0 Å². The minimum atomic E-state index is -0.354. The lowest BCUT2D eigenvalue weighted by Gasteiger charge is -2.38. The molecule has 2 unspecified atom stereocenters. The molecule has 1 aromatic rings. The molecule has 0 saturated carbocycles. The molecule has 0 aromatic heterocycles. The molecule has 0 radical (unpaired) electrons. The minimum Gasteiger partial charge on any atom is -0.352 e. The highest BCUT2D eigenvalue weighted by molar-refractivity contribution is 6.30. The van der Waals surface area contributed by atoms with Gasteiger partial charge in [0.25, 0.3) is 0 Å². The summed E-state index contributed by atoms with van der Waals surface area (Å²) in [7, 11) is 0. The van der Waals surface area contributed by atoms with Crippen molar-refractivity contribution in [1.82, 2.24) is 16.2 Å². The molecule has 1 saturated heterocycles. The van der Waals surface area contributed by atoms with Crippen molar-refractivity contribution in [2.75, 3.05) is 5.32 Å². The zero-order valence-corrected chi connectivity index (χ0v) is 12.0. The third kappa shape index (κ3) is 3.59. The van der Waals surface area contributed by atoms with Gasteiger partial charge in [-0.05, 0) is 29.7 Å². The van der Waals surface area contributed by atoms with Crippen LogP contribution < -0.4 is 21.5 Å². The minimum absolute atomic E-state index is 0.0299. The molecular weight excluding hydrogens is 264 g/mol. The van der Waals surface area contributed by atoms with E-state index in [2.05, 4.69) is 21.5 Å². The first-order chi connectivity index (χ1) is 8.86. The van der Waals surface area contributed by atoms with Crippen molar-refractivity contribution in [3.8, 4) is 0 Å². The van der Waals surface area contributed by atoms with Crippen molar-refractivity contribution in [3.05, 3.63) is 29.3 Å². The van der Waals surface area contributed by atoms with Gasteiger partial charge >= 0.3 is 0 Å². The number of hydrogen-bond acceptors (Lipinski definition) is 4. The smallest absolute Gasteiger partial charge is 0.241 e. The van der Waals surface area contributed by atoms with Crippen molar-refractivity contribution < 1.29 is 4.79 Å². The number of anilines is 1. The third-order valence-corrected chi connectivity index (χ3v) is 3.19. The second-order valence-corrected chi connectivity index (χ2v) is 6.12. The highest BCUT2D eigenvalue weighted by Gasteiger charge is 2.35. The Morgan fingerprint density at radius 2 is 1.79 bits per heavy atom. The molecule has 2 atom stereocenters. The van der Waals surface area contributed by atoms with Crippen LogP contribution in [0, 0.1) is 5.41 Å². The van der Waals surface area contributed by atoms with E-state index in [0.717, 1.165) is 5.69 Å². The van der Waals surface area contributed by atoms with Crippen LogP contribution in [0.4, 0.5) is 5.69 Å². The molecule has 2 rings (SSSR count). The summed E-state index contributed by atoms with van der Waals surface area (Å²) < 4.78 is 0. The van der Waals surface area contributed by atoms with Crippen LogP contribution in [0.5, 0.6) is 0 Å². The van der Waals surface area contributed by atoms with Gasteiger partial charge in [0.05, 0.1) is 0 Å². The van der Waals surface area contributed by atoms with E-state index in [1.807, 2.05) is 32.9 Å². The molecule has 0 spiro atoms. The first-order valence-corrected chi connectivity index (χ1v) is 6.57. The maximum absolute atomic E-state index is 12.0. The molecule has 104 valence electrons. The Labute approximate surface area is 118 Å². The molecule has 0 aliphatic carbocycles. The summed E-state index contributed by atoms with van der Waals surface area (Å²) in [6, 6.07) is 7.02. The molecular formula is C13H19ClN4O. The second-order valence-electron chi connectivity index (χ2n) is 5.68. The summed E-state index contributed by atoms with van der Waals surface area (Å²) in [5, 5.41) is 6.70. The van der Waals surface area contributed by atoms with E-state index in [1.54, 1.807) is 12.1 Å². The number of halogens is 1. The lowest BCUT2D eigenvalue weighted by molar-refractivity contribution is -0.129. The lowest BCUT2D eigenvalue weighted by Crippen LogP contribution is -2.70. The van der Waals surface area contributed by atoms with E-state index >= 15 is 0 Å². The molecule has 1 amide bonds. The molecule has 0 bridgehead atoms. The highest BCUT2D eigenvalue weighted by atomic mass is 35.5. The van der Waals surface area contributed by atoms with Gasteiger partial charge in [0.15, 0.2) is 6.29 Å². The molecule has 19 heavy (non-hydrogen) atoms. The van der Waals surface area contributed by atoms with Gasteiger partial charge in [-0.3, -0.25) is 4.79 Å². The first kappa shape index (κ1) is 14.1. The van der Waals surface area contributed by atoms with Gasteiger partial charge in [-0.25, -0.2) is 10.9 Å². The zero-order valence-electron chi connectivity index (χ0n) is 11.3. The number of rotatable bonds is 2. The summed E-state index contributed by atoms with van der Waals surface area (Å²) in [6.45, 7) is 6.04. The summed E-state index contributed by atoms with van der Waals surface area (Å²) >= 11 is 5.82. The average molecular weight is 283 g/mol. The number of hydrogen-bond donors (Lipinski definition) is 4. The molecule has 1 aliphatic rings. The van der Waals surface area contributed by atoms with E-state index in [9.17, 15) is 4.79 Å². The normalized spacial score (nSPS) is 23.9. The Kier molecular flexibility index (Phi) is 3.99. The van der Waals surface area contributed by atoms with Crippen LogP contribution >= 0.6 is 11.6 Å². The predicted octanol–water partition coefficient (Wildman–Crippen LogP) is 1.67. The molecule has 1 fully saturated rings. The van der Waals surface area contributed by atoms with Crippen molar-refractivity contribution in [1.29, 1.82) is 0 Å². The zero-order chi connectivity index (χ0) is 14.0. The van der Waals surface area contributed by atoms with Crippen LogP contribution in [-0.2, 0) is 4.79 Å². The van der Waals surface area contributed by atoms with Gasteiger partial charge in [0.1, 0.15) is 6.04 Å². The van der Waals surface area contributed by atoms with Crippen LogP contribution in [0.2, 0.25) is 5.02 Å². The van der Waals surface area contributed by atoms with Gasteiger partial charge < -0.3 is 10.6 Å². The van der Waals surface area contributed by atoms with Gasteiger partial charge in [-0.1, -0.05) is 32.4 Å². The van der Waals surface area contributed by atoms with Crippen LogP contribution in [0.25, 0.3) is 0 Å². The Hall–Kier alpha value is -1.30. The van der Waals surface area contributed by atoms with Crippen molar-refractivity contribution >= 4 is 23.2 Å². The lowest BCUT2D eigenvalue weighted by atomic mass is 9.86. The van der Waals surface area contributed by atoms with Gasteiger partial charge in [0.2, 0.25) is 5.91 Å². The van der Waals surface area contributed by atoms with Crippen LogP contribution in [0.15, 0.2) is 24.3 Å². The number of carbonyl (C=O) groups excluding carboxylic acids is 1. The molecule has 4 N–H and O–H groups in total. The van der Waals surface area contributed by atoms with E-state index in [0.29, 0.717) is 5.02 Å². The highest BCUT2D eigenvalue weighted by Crippen LogP contribution is 2.20. The van der Waals surface area contributed by atoms with E-state index in [1.165, 1.54) is 0 Å². The summed E-state index contributed by atoms with van der Waals surface area (Å²) in [5.41, 5.74) is 6.81. The fourth-order valence-electron chi connectivity index (χ4n) is 1.89. The Balaban J connectivity index is 1.95. The van der Waals surface area contributed by atoms with Crippen LogP contribution in [-0.4, -0.2) is 18.2 Å². The molecule has 6 heteroatoms. The van der Waals surface area contributed by atoms with E-state index in [4.69, 9.17) is 11.6 Å². The topological polar surface area (TPSA) is 65.2 Å². The monoisotopic (exact) mass is 282 g/mol. The SMILES string of the molecule is CC(C)(C)C1NNC(Nc2ccc(Cl)cc2)NC1=O. The Morgan fingerprint density at radius 3 is 2.32 bits per heavy atom. The third-order valence-electron chi connectivity index (χ3n) is 2.94. The average Bonchev–Trinajstić information content (AvgIpc) is 2.30. The number of amides is 1.